The van der Waals surface area contributed by atoms with Gasteiger partial charge in [-0.1, -0.05) is 13.8 Å². The van der Waals surface area contributed by atoms with Crippen molar-refractivity contribution in [1.29, 1.82) is 0 Å². The number of H-pyrrole nitrogens is 1. The lowest BCUT2D eigenvalue weighted by Gasteiger charge is -2.58. The molecule has 4 saturated heterocycles. The van der Waals surface area contributed by atoms with E-state index >= 15 is 0 Å². The largest absolute Gasteiger partial charge is 0.448 e. The second-order valence-corrected chi connectivity index (χ2v) is 10.6. The van der Waals surface area contributed by atoms with E-state index in [1.165, 1.54) is 0 Å². The first kappa shape index (κ1) is 24.6. The second kappa shape index (κ2) is 9.78. The van der Waals surface area contributed by atoms with Gasteiger partial charge in [0.2, 0.25) is 18.0 Å². The van der Waals surface area contributed by atoms with E-state index in [1.807, 2.05) is 6.92 Å². The second-order valence-electron chi connectivity index (χ2n) is 10.6. The molecule has 2 bridgehead atoms. The van der Waals surface area contributed by atoms with Crippen LogP contribution in [0.1, 0.15) is 58.6 Å². The van der Waals surface area contributed by atoms with Crippen molar-refractivity contribution < 1.29 is 34.2 Å². The molecule has 11 heteroatoms. The molecule has 1 amide bonds. The van der Waals surface area contributed by atoms with Gasteiger partial charge in [0.15, 0.2) is 11.5 Å². The Bertz CT molecular complexity index is 927. The average Bonchev–Trinajstić information content (AvgIpc) is 3.22. The summed E-state index contributed by atoms with van der Waals surface area (Å²) in [5.41, 5.74) is 0.205. The summed E-state index contributed by atoms with van der Waals surface area (Å²) in [4.78, 5) is 40.5. The molecule has 1 aliphatic carbocycles. The first-order valence-corrected chi connectivity index (χ1v) is 12.6. The van der Waals surface area contributed by atoms with Crippen molar-refractivity contribution in [2.75, 3.05) is 13.2 Å². The molecular formula is C24H36N4O7. The summed E-state index contributed by atoms with van der Waals surface area (Å²) in [5.74, 6) is 0.577. The van der Waals surface area contributed by atoms with E-state index in [2.05, 4.69) is 39.0 Å². The van der Waals surface area contributed by atoms with Crippen LogP contribution in [0.4, 0.5) is 0 Å². The molecule has 8 atom stereocenters. The van der Waals surface area contributed by atoms with Crippen LogP contribution in [0.3, 0.4) is 0 Å². The van der Waals surface area contributed by atoms with E-state index in [0.29, 0.717) is 24.2 Å². The Balaban J connectivity index is 1.24. The molecule has 1 aromatic rings. The number of fused-ring (bicyclic) bond motifs is 2. The number of aromatic nitrogens is 2. The molecule has 1 aromatic heterocycles. The monoisotopic (exact) mass is 492 g/mol. The maximum Gasteiger partial charge on any atom is 0.237 e. The predicted molar refractivity (Wildman–Crippen MR) is 123 cm³/mol. The zero-order chi connectivity index (χ0) is 24.6. The van der Waals surface area contributed by atoms with Crippen LogP contribution in [0.2, 0.25) is 0 Å². The molecule has 11 nitrogen and oxygen atoms in total. The summed E-state index contributed by atoms with van der Waals surface area (Å²) in [5, 5.41) is 11.8. The van der Waals surface area contributed by atoms with Crippen LogP contribution >= 0.6 is 0 Å². The number of rotatable bonds is 8. The van der Waals surface area contributed by atoms with Gasteiger partial charge in [0.25, 0.3) is 0 Å². The van der Waals surface area contributed by atoms with E-state index in [0.717, 1.165) is 31.4 Å². The number of hydrogen-bond acceptors (Lipinski definition) is 9. The minimum Gasteiger partial charge on any atom is -0.448 e. The topological polar surface area (TPSA) is 137 Å². The van der Waals surface area contributed by atoms with Gasteiger partial charge in [0.05, 0.1) is 18.9 Å². The molecule has 0 aromatic carbocycles. The molecule has 5 heterocycles. The zero-order valence-corrected chi connectivity index (χ0v) is 20.6. The highest BCUT2D eigenvalue weighted by Crippen LogP contribution is 2.59. The third-order valence-electron chi connectivity index (χ3n) is 8.26. The average molecular weight is 493 g/mol. The van der Waals surface area contributed by atoms with Crippen molar-refractivity contribution >= 4 is 11.8 Å². The summed E-state index contributed by atoms with van der Waals surface area (Å²) < 4.78 is 12.7. The van der Waals surface area contributed by atoms with E-state index in [4.69, 9.17) is 24.5 Å². The van der Waals surface area contributed by atoms with Gasteiger partial charge in [-0.15, -0.1) is 0 Å². The smallest absolute Gasteiger partial charge is 0.237 e. The maximum atomic E-state index is 12.6. The third-order valence-corrected chi connectivity index (χ3v) is 8.26. The molecule has 194 valence electrons. The van der Waals surface area contributed by atoms with Crippen molar-refractivity contribution in [3.63, 3.8) is 0 Å². The van der Waals surface area contributed by atoms with Crippen LogP contribution in [0, 0.1) is 23.7 Å². The standard InChI is InChI=1S/C24H36N4O7/c1-14-4-5-19-15(2)21(32-22-24(19)18(14)6-8-23(3,33-22)34-35-24)26-9-7-20(29)28-17(12-31-30)10-16-11-25-13-27-16/h11,13-15,17-19,22,30H,4-10,12H2,1-3H3,(H,25,27)(H,28,29). The van der Waals surface area contributed by atoms with Crippen molar-refractivity contribution in [2.24, 2.45) is 28.7 Å². The molecule has 4 aliphatic heterocycles. The first-order chi connectivity index (χ1) is 16.8. The van der Waals surface area contributed by atoms with E-state index in [9.17, 15) is 4.79 Å². The van der Waals surface area contributed by atoms with Gasteiger partial charge in [0, 0.05) is 48.9 Å². The number of ether oxygens (including phenoxy) is 2. The number of aliphatic imine (C=N–C) groups is 1. The molecule has 5 fully saturated rings. The van der Waals surface area contributed by atoms with E-state index in [1.54, 1.807) is 12.5 Å². The summed E-state index contributed by atoms with van der Waals surface area (Å²) in [6.07, 6.45) is 7.14. The van der Waals surface area contributed by atoms with Gasteiger partial charge in [-0.3, -0.25) is 15.0 Å². The molecule has 3 N–H and O–H groups in total. The van der Waals surface area contributed by atoms with Crippen LogP contribution in [0.15, 0.2) is 17.5 Å². The molecule has 6 rings (SSSR count). The number of imidazole rings is 1. The Morgan fingerprint density at radius 3 is 2.97 bits per heavy atom. The van der Waals surface area contributed by atoms with Gasteiger partial charge in [-0.25, -0.2) is 19.6 Å². The van der Waals surface area contributed by atoms with E-state index < -0.39 is 17.7 Å². The summed E-state index contributed by atoms with van der Waals surface area (Å²) in [6.45, 7) is 6.55. The number of carbonyl (C=O) groups is 1. The highest BCUT2D eigenvalue weighted by molar-refractivity contribution is 5.81. The first-order valence-electron chi connectivity index (χ1n) is 12.6. The highest BCUT2D eigenvalue weighted by Gasteiger charge is 2.69. The Morgan fingerprint density at radius 1 is 1.34 bits per heavy atom. The van der Waals surface area contributed by atoms with Gasteiger partial charge in [-0.05, 0) is 32.1 Å². The Kier molecular flexibility index (Phi) is 6.88. The molecule has 35 heavy (non-hydrogen) atoms. The number of aromatic amines is 1. The lowest BCUT2D eigenvalue weighted by Crippen LogP contribution is -2.69. The predicted octanol–water partition coefficient (Wildman–Crippen LogP) is 2.60. The van der Waals surface area contributed by atoms with Crippen LogP contribution in [0.5, 0.6) is 0 Å². The fourth-order valence-electron chi connectivity index (χ4n) is 6.43. The highest BCUT2D eigenvalue weighted by atomic mass is 17.3. The van der Waals surface area contributed by atoms with Crippen LogP contribution in [-0.2, 0) is 35.4 Å². The minimum absolute atomic E-state index is 0.0230. The Hall–Kier alpha value is -2.05. The molecule has 8 unspecified atom stereocenters. The van der Waals surface area contributed by atoms with E-state index in [-0.39, 0.29) is 43.4 Å². The lowest BCUT2D eigenvalue weighted by atomic mass is 9.58. The minimum atomic E-state index is -0.832. The number of nitrogens with one attached hydrogen (secondary N) is 2. The van der Waals surface area contributed by atoms with Crippen LogP contribution in [0.25, 0.3) is 0 Å². The number of amides is 1. The van der Waals surface area contributed by atoms with Crippen LogP contribution < -0.4 is 5.32 Å². The molecular weight excluding hydrogens is 456 g/mol. The molecule has 1 saturated carbocycles. The number of hydrogen-bond donors (Lipinski definition) is 3. The van der Waals surface area contributed by atoms with Gasteiger partial charge >= 0.3 is 0 Å². The van der Waals surface area contributed by atoms with Crippen LogP contribution in [-0.4, -0.2) is 63.9 Å². The Labute approximate surface area is 204 Å². The zero-order valence-electron chi connectivity index (χ0n) is 20.6. The van der Waals surface area contributed by atoms with Gasteiger partial charge < -0.3 is 19.8 Å². The summed E-state index contributed by atoms with van der Waals surface area (Å²) in [6, 6.07) is -0.390. The number of carbonyl (C=O) groups excluding carboxylic acids is 1. The SMILES string of the molecule is CC1CCC2C(C)C(=NCCC(=O)NC(COO)Cc3cnc[nH]3)OC3OC4(C)CCC1C32OO4. The molecule has 5 aliphatic rings. The van der Waals surface area contributed by atoms with Crippen molar-refractivity contribution in [1.82, 2.24) is 15.3 Å². The summed E-state index contributed by atoms with van der Waals surface area (Å²) >= 11 is 0. The fraction of sp³-hybridized carbons (Fsp3) is 0.792. The van der Waals surface area contributed by atoms with Crippen molar-refractivity contribution in [2.45, 2.75) is 83.0 Å². The number of nitrogens with zero attached hydrogens (tertiary/aromatic N) is 2. The fourth-order valence-corrected chi connectivity index (χ4v) is 6.43. The lowest BCUT2D eigenvalue weighted by molar-refractivity contribution is -0.557. The Morgan fingerprint density at radius 2 is 2.20 bits per heavy atom. The third kappa shape index (κ3) is 4.60. The quantitative estimate of drug-likeness (QED) is 0.372. The normalized spacial score (nSPS) is 40.0. The van der Waals surface area contributed by atoms with Crippen molar-refractivity contribution in [3.05, 3.63) is 18.2 Å². The summed E-state index contributed by atoms with van der Waals surface area (Å²) in [7, 11) is 0. The van der Waals surface area contributed by atoms with Crippen molar-refractivity contribution in [3.8, 4) is 0 Å². The maximum absolute atomic E-state index is 12.6. The van der Waals surface area contributed by atoms with Gasteiger partial charge in [-0.2, -0.15) is 0 Å². The molecule has 1 spiro atoms. The van der Waals surface area contributed by atoms with Gasteiger partial charge in [0.1, 0.15) is 6.61 Å². The molecule has 0 radical (unpaired) electrons.